The molecule has 0 saturated heterocycles. The number of ether oxygens (including phenoxy) is 1. The molecule has 1 atom stereocenters. The number of hydrogen-bond acceptors (Lipinski definition) is 4. The number of hydrogen-bond donors (Lipinski definition) is 1. The van der Waals surface area contributed by atoms with Crippen molar-refractivity contribution in [2.45, 2.75) is 11.2 Å². The lowest BCUT2D eigenvalue weighted by Crippen LogP contribution is -2.33. The summed E-state index contributed by atoms with van der Waals surface area (Å²) in [7, 11) is -1.70. The zero-order valence-corrected chi connectivity index (χ0v) is 12.6. The van der Waals surface area contributed by atoms with Crippen LogP contribution in [0.1, 0.15) is 5.69 Å². The number of aromatic nitrogens is 1. The maximum absolute atomic E-state index is 11.7. The third-order valence-corrected chi connectivity index (χ3v) is 4.16. The predicted molar refractivity (Wildman–Crippen MR) is 74.3 cm³/mol. The highest BCUT2D eigenvalue weighted by molar-refractivity contribution is 9.09. The predicted octanol–water partition coefficient (Wildman–Crippen LogP) is 0.953. The summed E-state index contributed by atoms with van der Waals surface area (Å²) in [6, 6.07) is 5.46. The highest BCUT2D eigenvalue weighted by Gasteiger charge is 2.13. The number of rotatable bonds is 8. The van der Waals surface area contributed by atoms with Gasteiger partial charge < -0.3 is 4.74 Å². The van der Waals surface area contributed by atoms with Crippen LogP contribution < -0.4 is 4.72 Å². The lowest BCUT2D eigenvalue weighted by molar-refractivity contribution is 0.201. The minimum absolute atomic E-state index is 0.0212. The van der Waals surface area contributed by atoms with Crippen LogP contribution >= 0.6 is 15.9 Å². The second-order valence-corrected chi connectivity index (χ2v) is 7.01. The minimum atomic E-state index is -3.27. The summed E-state index contributed by atoms with van der Waals surface area (Å²) >= 11 is 3.32. The Balaban J connectivity index is 2.36. The Kier molecular flexibility index (Phi) is 6.77. The number of aryl methyl sites for hydroxylation is 1. The highest BCUT2D eigenvalue weighted by atomic mass is 79.9. The van der Waals surface area contributed by atoms with E-state index in [1.54, 1.807) is 19.4 Å². The largest absolute Gasteiger partial charge is 0.383 e. The molecule has 0 radical (unpaired) electrons. The molecule has 1 aromatic heterocycles. The van der Waals surface area contributed by atoms with Crippen LogP contribution in [0.4, 0.5) is 0 Å². The number of nitrogens with zero attached hydrogens (tertiary/aromatic N) is 1. The molecule has 0 amide bonds. The van der Waals surface area contributed by atoms with Gasteiger partial charge in [-0.15, -0.1) is 0 Å². The van der Waals surface area contributed by atoms with Gasteiger partial charge in [-0.1, -0.05) is 22.0 Å². The average Bonchev–Trinajstić information content (AvgIpc) is 2.36. The zero-order valence-electron chi connectivity index (χ0n) is 10.2. The van der Waals surface area contributed by atoms with E-state index in [1.807, 2.05) is 12.1 Å². The van der Waals surface area contributed by atoms with Crippen molar-refractivity contribution in [3.63, 3.8) is 0 Å². The molecule has 1 aromatic rings. The molecular formula is C11H17BrN2O3S. The summed E-state index contributed by atoms with van der Waals surface area (Å²) < 4.78 is 30.9. The van der Waals surface area contributed by atoms with E-state index in [2.05, 4.69) is 25.6 Å². The van der Waals surface area contributed by atoms with Crippen molar-refractivity contribution < 1.29 is 13.2 Å². The van der Waals surface area contributed by atoms with Crippen LogP contribution in [0.25, 0.3) is 0 Å². The summed E-state index contributed by atoms with van der Waals surface area (Å²) in [5, 5.41) is 0. The summed E-state index contributed by atoms with van der Waals surface area (Å²) in [4.78, 5) is 4.06. The molecule has 5 nitrogen and oxygen atoms in total. The van der Waals surface area contributed by atoms with E-state index >= 15 is 0 Å². The van der Waals surface area contributed by atoms with Crippen LogP contribution in [-0.2, 0) is 21.2 Å². The van der Waals surface area contributed by atoms with E-state index in [-0.39, 0.29) is 10.6 Å². The molecule has 0 aromatic carbocycles. The van der Waals surface area contributed by atoms with Crippen molar-refractivity contribution in [2.24, 2.45) is 0 Å². The van der Waals surface area contributed by atoms with Crippen molar-refractivity contribution in [3.05, 3.63) is 30.1 Å². The summed E-state index contributed by atoms with van der Waals surface area (Å²) in [5.74, 6) is 0.0384. The van der Waals surface area contributed by atoms with Gasteiger partial charge in [0.1, 0.15) is 0 Å². The molecule has 0 aliphatic rings. The van der Waals surface area contributed by atoms with Crippen molar-refractivity contribution in [2.75, 3.05) is 26.0 Å². The number of nitrogens with one attached hydrogen (secondary N) is 1. The van der Waals surface area contributed by atoms with Gasteiger partial charge in [0.05, 0.1) is 17.2 Å². The maximum Gasteiger partial charge on any atom is 0.212 e. The van der Waals surface area contributed by atoms with E-state index < -0.39 is 10.0 Å². The lowest BCUT2D eigenvalue weighted by Gasteiger charge is -2.10. The second kappa shape index (κ2) is 7.83. The third-order valence-electron chi connectivity index (χ3n) is 2.23. The number of sulfonamides is 1. The standard InChI is InChI=1S/C11H17BrN2O3S/c1-17-9-10(12)8-14-18(15,16)7-5-11-4-2-3-6-13-11/h2-4,6,10,14H,5,7-9H2,1H3. The fourth-order valence-corrected chi connectivity index (χ4v) is 3.03. The number of methoxy groups -OCH3 is 1. The Morgan fingerprint density at radius 2 is 2.28 bits per heavy atom. The van der Waals surface area contributed by atoms with E-state index in [1.165, 1.54) is 0 Å². The fourth-order valence-electron chi connectivity index (χ4n) is 1.31. The summed E-state index contributed by atoms with van der Waals surface area (Å²) in [5.41, 5.74) is 0.773. The van der Waals surface area contributed by atoms with Gasteiger partial charge in [-0.25, -0.2) is 13.1 Å². The Bertz CT molecular complexity index is 439. The van der Waals surface area contributed by atoms with Crippen molar-refractivity contribution in [1.82, 2.24) is 9.71 Å². The van der Waals surface area contributed by atoms with Gasteiger partial charge >= 0.3 is 0 Å². The van der Waals surface area contributed by atoms with Gasteiger partial charge in [0.2, 0.25) is 10.0 Å². The van der Waals surface area contributed by atoms with Crippen LogP contribution in [-0.4, -0.2) is 44.2 Å². The van der Waals surface area contributed by atoms with Crippen molar-refractivity contribution >= 4 is 26.0 Å². The van der Waals surface area contributed by atoms with Gasteiger partial charge in [0.25, 0.3) is 0 Å². The molecule has 102 valence electrons. The van der Waals surface area contributed by atoms with Crippen LogP contribution in [0.5, 0.6) is 0 Å². The Labute approximate surface area is 116 Å². The average molecular weight is 337 g/mol. The van der Waals surface area contributed by atoms with Gasteiger partial charge in [-0.05, 0) is 12.1 Å². The Hall–Kier alpha value is -0.500. The van der Waals surface area contributed by atoms with E-state index in [0.29, 0.717) is 19.6 Å². The molecule has 1 rings (SSSR count). The van der Waals surface area contributed by atoms with E-state index in [0.717, 1.165) is 5.69 Å². The minimum Gasteiger partial charge on any atom is -0.383 e. The molecule has 0 saturated carbocycles. The van der Waals surface area contributed by atoms with Gasteiger partial charge in [-0.2, -0.15) is 0 Å². The maximum atomic E-state index is 11.7. The zero-order chi connectivity index (χ0) is 13.4. The topological polar surface area (TPSA) is 68.3 Å². The lowest BCUT2D eigenvalue weighted by atomic mass is 10.3. The van der Waals surface area contributed by atoms with Crippen LogP contribution in [0.3, 0.4) is 0 Å². The molecule has 1 heterocycles. The van der Waals surface area contributed by atoms with Crippen LogP contribution in [0.2, 0.25) is 0 Å². The highest BCUT2D eigenvalue weighted by Crippen LogP contribution is 2.01. The Morgan fingerprint density at radius 3 is 2.89 bits per heavy atom. The van der Waals surface area contributed by atoms with Gasteiger partial charge in [0.15, 0.2) is 0 Å². The number of alkyl halides is 1. The normalized spacial score (nSPS) is 13.4. The molecule has 0 aliphatic heterocycles. The summed E-state index contributed by atoms with van der Waals surface area (Å²) in [6.45, 7) is 0.779. The molecule has 0 aliphatic carbocycles. The number of pyridine rings is 1. The first-order valence-electron chi connectivity index (χ1n) is 5.54. The molecule has 0 fully saturated rings. The van der Waals surface area contributed by atoms with Crippen molar-refractivity contribution in [3.8, 4) is 0 Å². The molecule has 1 unspecified atom stereocenters. The molecule has 7 heteroatoms. The first kappa shape index (κ1) is 15.6. The van der Waals surface area contributed by atoms with Gasteiger partial charge in [-0.3, -0.25) is 4.98 Å². The Morgan fingerprint density at radius 1 is 1.50 bits per heavy atom. The summed E-state index contributed by atoms with van der Waals surface area (Å²) in [6.07, 6.45) is 2.07. The smallest absolute Gasteiger partial charge is 0.212 e. The molecular weight excluding hydrogens is 320 g/mol. The molecule has 1 N–H and O–H groups in total. The number of halogens is 1. The van der Waals surface area contributed by atoms with E-state index in [9.17, 15) is 8.42 Å². The van der Waals surface area contributed by atoms with E-state index in [4.69, 9.17) is 4.74 Å². The first-order valence-corrected chi connectivity index (χ1v) is 8.10. The molecule has 0 bridgehead atoms. The fraction of sp³-hybridized carbons (Fsp3) is 0.545. The SMILES string of the molecule is COCC(Br)CNS(=O)(=O)CCc1ccccn1. The third kappa shape index (κ3) is 6.44. The second-order valence-electron chi connectivity index (χ2n) is 3.79. The quantitative estimate of drug-likeness (QED) is 0.718. The monoisotopic (exact) mass is 336 g/mol. The van der Waals surface area contributed by atoms with Crippen molar-refractivity contribution in [1.29, 1.82) is 0 Å². The van der Waals surface area contributed by atoms with Crippen LogP contribution in [0.15, 0.2) is 24.4 Å². The van der Waals surface area contributed by atoms with Crippen LogP contribution in [0, 0.1) is 0 Å². The molecule has 0 spiro atoms. The first-order chi connectivity index (χ1) is 8.53. The molecule has 18 heavy (non-hydrogen) atoms. The van der Waals surface area contributed by atoms with Gasteiger partial charge in [0, 0.05) is 32.0 Å².